The molecule has 0 aliphatic carbocycles. The van der Waals surface area contributed by atoms with E-state index in [0.29, 0.717) is 22.2 Å². The first kappa shape index (κ1) is 28.2. The lowest BCUT2D eigenvalue weighted by Gasteiger charge is -2.36. The Balaban J connectivity index is 1.93. The van der Waals surface area contributed by atoms with Gasteiger partial charge >= 0.3 is 6.03 Å². The molecule has 0 radical (unpaired) electrons. The summed E-state index contributed by atoms with van der Waals surface area (Å²) in [6, 6.07) is 10.3. The second-order valence-corrected chi connectivity index (χ2v) is 10.4. The fourth-order valence-electron chi connectivity index (χ4n) is 4.75. The minimum Gasteiger partial charge on any atom is -0.395 e. The van der Waals surface area contributed by atoms with E-state index in [-0.39, 0.29) is 56.5 Å². The summed E-state index contributed by atoms with van der Waals surface area (Å²) in [7, 11) is 1.70. The number of aliphatic hydroxyl groups is 2. The van der Waals surface area contributed by atoms with Crippen LogP contribution in [-0.4, -0.2) is 89.3 Å². The number of nitrogens with zero attached hydrogens (tertiary/aromatic N) is 3. The van der Waals surface area contributed by atoms with Crippen molar-refractivity contribution in [1.82, 2.24) is 14.7 Å². The standard InChI is InChI=1S/C26H32Cl2FN3O4/c1-26(2,18-12-19(27)14-20(28)13-18)24(35)30(3)23-16-32(25(36)31(8-10-33)9-11-34)15-22(23)17-4-6-21(29)7-5-17/h4-7,12-14,22-23,33-34H,8-11,15-16H2,1-3H3/t22-,23+/m0/s1. The van der Waals surface area contributed by atoms with Crippen LogP contribution in [0.4, 0.5) is 9.18 Å². The number of halogens is 3. The van der Waals surface area contributed by atoms with E-state index in [4.69, 9.17) is 23.2 Å². The third-order valence-electron chi connectivity index (χ3n) is 6.80. The topological polar surface area (TPSA) is 84.3 Å². The molecule has 2 aromatic rings. The normalized spacial score (nSPS) is 17.8. The number of carbonyl (C=O) groups is 2. The highest BCUT2D eigenvalue weighted by Gasteiger charge is 2.44. The molecule has 36 heavy (non-hydrogen) atoms. The van der Waals surface area contributed by atoms with Crippen LogP contribution in [0.2, 0.25) is 10.0 Å². The van der Waals surface area contributed by atoms with E-state index in [1.807, 2.05) is 0 Å². The van der Waals surface area contributed by atoms with Gasteiger partial charge in [0, 0.05) is 49.2 Å². The summed E-state index contributed by atoms with van der Waals surface area (Å²) in [6.45, 7) is 3.81. The molecule has 3 rings (SSSR count). The fourth-order valence-corrected chi connectivity index (χ4v) is 5.27. The van der Waals surface area contributed by atoms with Crippen molar-refractivity contribution in [1.29, 1.82) is 0 Å². The molecule has 1 fully saturated rings. The molecule has 1 heterocycles. The average molecular weight is 540 g/mol. The summed E-state index contributed by atoms with van der Waals surface area (Å²) >= 11 is 12.4. The number of hydrogen-bond donors (Lipinski definition) is 2. The van der Waals surface area contributed by atoms with E-state index in [2.05, 4.69) is 0 Å². The van der Waals surface area contributed by atoms with Gasteiger partial charge in [0.2, 0.25) is 5.91 Å². The van der Waals surface area contributed by atoms with Crippen molar-refractivity contribution in [2.24, 2.45) is 0 Å². The highest BCUT2D eigenvalue weighted by atomic mass is 35.5. The minimum absolute atomic E-state index is 0.0824. The Labute approximate surface area is 221 Å². The molecular formula is C26H32Cl2FN3O4. The van der Waals surface area contributed by atoms with Crippen molar-refractivity contribution in [3.63, 3.8) is 0 Å². The van der Waals surface area contributed by atoms with E-state index < -0.39 is 11.5 Å². The number of benzene rings is 2. The first-order valence-electron chi connectivity index (χ1n) is 11.7. The van der Waals surface area contributed by atoms with Gasteiger partial charge in [0.15, 0.2) is 0 Å². The van der Waals surface area contributed by atoms with Crippen molar-refractivity contribution in [3.8, 4) is 0 Å². The Morgan fingerprint density at radius 3 is 2.11 bits per heavy atom. The van der Waals surface area contributed by atoms with Gasteiger partial charge in [-0.2, -0.15) is 0 Å². The molecule has 2 aromatic carbocycles. The summed E-state index contributed by atoms with van der Waals surface area (Å²) in [5.74, 6) is -0.830. The van der Waals surface area contributed by atoms with Crippen molar-refractivity contribution < 1.29 is 24.2 Å². The molecular weight excluding hydrogens is 508 g/mol. The summed E-state index contributed by atoms with van der Waals surface area (Å²) in [6.07, 6.45) is 0. The minimum atomic E-state index is -0.964. The molecule has 10 heteroatoms. The van der Waals surface area contributed by atoms with Gasteiger partial charge in [0.25, 0.3) is 0 Å². The van der Waals surface area contributed by atoms with Crippen LogP contribution in [0.15, 0.2) is 42.5 Å². The Hall–Kier alpha value is -2.39. The molecule has 0 bridgehead atoms. The van der Waals surface area contributed by atoms with E-state index in [1.165, 1.54) is 17.0 Å². The molecule has 3 amide bonds. The van der Waals surface area contributed by atoms with Gasteiger partial charge in [-0.25, -0.2) is 9.18 Å². The maximum absolute atomic E-state index is 13.8. The van der Waals surface area contributed by atoms with Crippen LogP contribution < -0.4 is 0 Å². The zero-order valence-corrected chi connectivity index (χ0v) is 22.1. The monoisotopic (exact) mass is 539 g/mol. The number of amides is 3. The van der Waals surface area contributed by atoms with Crippen LogP contribution in [-0.2, 0) is 10.2 Å². The maximum Gasteiger partial charge on any atom is 0.320 e. The number of hydrogen-bond acceptors (Lipinski definition) is 4. The Bertz CT molecular complexity index is 1060. The second kappa shape index (κ2) is 11.8. The number of aliphatic hydroxyl groups excluding tert-OH is 2. The summed E-state index contributed by atoms with van der Waals surface area (Å²) in [4.78, 5) is 31.7. The zero-order valence-electron chi connectivity index (χ0n) is 20.6. The first-order valence-corrected chi connectivity index (χ1v) is 12.5. The number of likely N-dealkylation sites (N-methyl/N-ethyl adjacent to an activating group) is 1. The Kier molecular flexibility index (Phi) is 9.22. The van der Waals surface area contributed by atoms with E-state index >= 15 is 0 Å². The third kappa shape index (κ3) is 6.11. The molecule has 7 nitrogen and oxygen atoms in total. The summed E-state index contributed by atoms with van der Waals surface area (Å²) in [5.41, 5.74) is 0.502. The van der Waals surface area contributed by atoms with Crippen LogP contribution in [0.3, 0.4) is 0 Å². The third-order valence-corrected chi connectivity index (χ3v) is 7.24. The number of urea groups is 1. The van der Waals surface area contributed by atoms with Crippen molar-refractivity contribution >= 4 is 35.1 Å². The van der Waals surface area contributed by atoms with Crippen molar-refractivity contribution in [3.05, 3.63) is 69.5 Å². The molecule has 0 aromatic heterocycles. The van der Waals surface area contributed by atoms with E-state index in [9.17, 15) is 24.2 Å². The molecule has 1 saturated heterocycles. The molecule has 1 aliphatic rings. The van der Waals surface area contributed by atoms with Crippen molar-refractivity contribution in [2.75, 3.05) is 46.4 Å². The number of rotatable bonds is 8. The second-order valence-electron chi connectivity index (χ2n) is 9.55. The molecule has 0 saturated carbocycles. The van der Waals surface area contributed by atoms with Crippen LogP contribution >= 0.6 is 23.2 Å². The van der Waals surface area contributed by atoms with Crippen LogP contribution in [0.1, 0.15) is 30.9 Å². The SMILES string of the molecule is CN(C(=O)C(C)(C)c1cc(Cl)cc(Cl)c1)[C@@H]1CN(C(=O)N(CCO)CCO)C[C@H]1c1ccc(F)cc1. The molecule has 2 N–H and O–H groups in total. The summed E-state index contributed by atoms with van der Waals surface area (Å²) in [5, 5.41) is 19.6. The lowest BCUT2D eigenvalue weighted by Crippen LogP contribution is -2.50. The highest BCUT2D eigenvalue weighted by molar-refractivity contribution is 6.34. The first-order chi connectivity index (χ1) is 17.0. The Morgan fingerprint density at radius 1 is 1.03 bits per heavy atom. The maximum atomic E-state index is 13.8. The molecule has 2 atom stereocenters. The molecule has 196 valence electrons. The molecule has 1 aliphatic heterocycles. The Morgan fingerprint density at radius 2 is 1.58 bits per heavy atom. The number of likely N-dealkylation sites (tertiary alicyclic amines) is 1. The summed E-state index contributed by atoms with van der Waals surface area (Å²) < 4.78 is 13.6. The largest absolute Gasteiger partial charge is 0.395 e. The highest BCUT2D eigenvalue weighted by Crippen LogP contribution is 2.36. The molecule has 0 unspecified atom stereocenters. The smallest absolute Gasteiger partial charge is 0.320 e. The van der Waals surface area contributed by atoms with Crippen molar-refractivity contribution in [2.45, 2.75) is 31.2 Å². The predicted molar refractivity (Wildman–Crippen MR) is 138 cm³/mol. The van der Waals surface area contributed by atoms with Gasteiger partial charge in [-0.05, 0) is 55.3 Å². The lowest BCUT2D eigenvalue weighted by atomic mass is 9.82. The van der Waals surface area contributed by atoms with Gasteiger partial charge in [-0.3, -0.25) is 4.79 Å². The van der Waals surface area contributed by atoms with Gasteiger partial charge in [0.1, 0.15) is 5.82 Å². The zero-order chi connectivity index (χ0) is 26.6. The van der Waals surface area contributed by atoms with Gasteiger partial charge in [-0.15, -0.1) is 0 Å². The fraction of sp³-hybridized carbons (Fsp3) is 0.462. The van der Waals surface area contributed by atoms with Gasteiger partial charge < -0.3 is 24.9 Å². The lowest BCUT2D eigenvalue weighted by molar-refractivity contribution is -0.137. The van der Waals surface area contributed by atoms with Gasteiger partial charge in [0.05, 0.1) is 24.7 Å². The quantitative estimate of drug-likeness (QED) is 0.535. The van der Waals surface area contributed by atoms with Gasteiger partial charge in [-0.1, -0.05) is 35.3 Å². The van der Waals surface area contributed by atoms with E-state index in [1.54, 1.807) is 61.0 Å². The predicted octanol–water partition coefficient (Wildman–Crippen LogP) is 3.74. The van der Waals surface area contributed by atoms with Crippen LogP contribution in [0.25, 0.3) is 0 Å². The molecule has 0 spiro atoms. The average Bonchev–Trinajstić information content (AvgIpc) is 3.27. The number of carbonyl (C=O) groups excluding carboxylic acids is 2. The van der Waals surface area contributed by atoms with Crippen LogP contribution in [0, 0.1) is 5.82 Å². The van der Waals surface area contributed by atoms with Crippen LogP contribution in [0.5, 0.6) is 0 Å². The van der Waals surface area contributed by atoms with E-state index in [0.717, 1.165) is 5.56 Å².